The second-order valence-corrected chi connectivity index (χ2v) is 5.23. The first-order chi connectivity index (χ1) is 8.08. The minimum absolute atomic E-state index is 0.342. The van der Waals surface area contributed by atoms with Crippen LogP contribution in [0, 0.1) is 17.6 Å². The van der Waals surface area contributed by atoms with Gasteiger partial charge in [-0.05, 0) is 25.1 Å². The van der Waals surface area contributed by atoms with Gasteiger partial charge in [-0.1, -0.05) is 20.3 Å². The second kappa shape index (κ2) is 6.97. The van der Waals surface area contributed by atoms with Gasteiger partial charge in [-0.3, -0.25) is 0 Å². The quantitative estimate of drug-likeness (QED) is 0.782. The maximum absolute atomic E-state index is 13.4. The van der Waals surface area contributed by atoms with Crippen LogP contribution in [0.4, 0.5) is 8.78 Å². The van der Waals surface area contributed by atoms with Crippen molar-refractivity contribution in [3.05, 3.63) is 29.8 Å². The minimum atomic E-state index is -0.529. The lowest BCUT2D eigenvalue weighted by Crippen LogP contribution is -2.34. The third-order valence-electron chi connectivity index (χ3n) is 3.01. The molecule has 0 aliphatic carbocycles. The zero-order chi connectivity index (χ0) is 12.8. The molecule has 0 radical (unpaired) electrons. The largest absolute Gasteiger partial charge is 0.316 e. The van der Waals surface area contributed by atoms with Crippen molar-refractivity contribution in [3.8, 4) is 0 Å². The van der Waals surface area contributed by atoms with Crippen LogP contribution < -0.4 is 5.32 Å². The van der Waals surface area contributed by atoms with E-state index in [1.165, 1.54) is 23.9 Å². The Kier molecular flexibility index (Phi) is 5.92. The van der Waals surface area contributed by atoms with Gasteiger partial charge in [-0.25, -0.2) is 8.78 Å². The molecule has 0 amide bonds. The lowest BCUT2D eigenvalue weighted by atomic mass is 10.0. The normalized spacial score (nSPS) is 14.6. The Labute approximate surface area is 106 Å². The molecule has 0 fully saturated rings. The van der Waals surface area contributed by atoms with E-state index in [0.29, 0.717) is 16.9 Å². The van der Waals surface area contributed by atoms with Crippen molar-refractivity contribution >= 4 is 11.8 Å². The SMILES string of the molecule is CCC(C)C(CSc1ccc(F)cc1F)NC. The lowest BCUT2D eigenvalue weighted by Gasteiger charge is -2.22. The van der Waals surface area contributed by atoms with Gasteiger partial charge in [0.15, 0.2) is 0 Å². The molecule has 1 aromatic carbocycles. The van der Waals surface area contributed by atoms with Gasteiger partial charge in [-0.2, -0.15) is 0 Å². The summed E-state index contributed by atoms with van der Waals surface area (Å²) in [6.07, 6.45) is 1.08. The summed E-state index contributed by atoms with van der Waals surface area (Å²) in [5.74, 6) is 0.317. The molecule has 0 aromatic heterocycles. The summed E-state index contributed by atoms with van der Waals surface area (Å²) in [7, 11) is 1.92. The smallest absolute Gasteiger partial charge is 0.139 e. The molecule has 0 heterocycles. The fourth-order valence-corrected chi connectivity index (χ4v) is 2.80. The highest BCUT2D eigenvalue weighted by atomic mass is 32.2. The molecule has 4 heteroatoms. The van der Waals surface area contributed by atoms with Gasteiger partial charge in [0.2, 0.25) is 0 Å². The van der Waals surface area contributed by atoms with Crippen LogP contribution in [0.1, 0.15) is 20.3 Å². The summed E-state index contributed by atoms with van der Waals surface area (Å²) < 4.78 is 26.1. The van der Waals surface area contributed by atoms with Crippen molar-refractivity contribution in [2.75, 3.05) is 12.8 Å². The molecule has 2 unspecified atom stereocenters. The van der Waals surface area contributed by atoms with Gasteiger partial charge in [0, 0.05) is 22.8 Å². The maximum Gasteiger partial charge on any atom is 0.139 e. The van der Waals surface area contributed by atoms with Gasteiger partial charge in [0.05, 0.1) is 0 Å². The van der Waals surface area contributed by atoms with Crippen LogP contribution >= 0.6 is 11.8 Å². The number of benzene rings is 1. The Morgan fingerprint density at radius 1 is 1.35 bits per heavy atom. The third kappa shape index (κ3) is 4.28. The molecule has 1 N–H and O–H groups in total. The molecule has 1 rings (SSSR count). The number of nitrogens with one attached hydrogen (secondary N) is 1. The van der Waals surface area contributed by atoms with E-state index in [9.17, 15) is 8.78 Å². The molecule has 2 atom stereocenters. The fourth-order valence-electron chi connectivity index (χ4n) is 1.59. The summed E-state index contributed by atoms with van der Waals surface area (Å²) in [4.78, 5) is 0.509. The first-order valence-corrected chi connectivity index (χ1v) is 6.82. The Bertz CT molecular complexity index is 357. The molecule has 0 aliphatic rings. The van der Waals surface area contributed by atoms with Crippen LogP contribution in [0.15, 0.2) is 23.1 Å². The zero-order valence-electron chi connectivity index (χ0n) is 10.5. The Morgan fingerprint density at radius 2 is 2.06 bits per heavy atom. The number of hydrogen-bond donors (Lipinski definition) is 1. The van der Waals surface area contributed by atoms with E-state index >= 15 is 0 Å². The number of rotatable bonds is 6. The van der Waals surface area contributed by atoms with E-state index in [1.807, 2.05) is 7.05 Å². The Balaban J connectivity index is 2.59. The van der Waals surface area contributed by atoms with E-state index in [4.69, 9.17) is 0 Å². The topological polar surface area (TPSA) is 12.0 Å². The highest BCUT2D eigenvalue weighted by molar-refractivity contribution is 7.99. The van der Waals surface area contributed by atoms with Gasteiger partial charge in [0.25, 0.3) is 0 Å². The molecule has 96 valence electrons. The molecule has 0 spiro atoms. The van der Waals surface area contributed by atoms with Gasteiger partial charge in [-0.15, -0.1) is 11.8 Å². The predicted octanol–water partition coefficient (Wildman–Crippen LogP) is 3.69. The summed E-state index contributed by atoms with van der Waals surface area (Å²) in [6, 6.07) is 4.07. The number of thioether (sulfide) groups is 1. The second-order valence-electron chi connectivity index (χ2n) is 4.17. The van der Waals surface area contributed by atoms with Gasteiger partial charge >= 0.3 is 0 Å². The Hall–Kier alpha value is -0.610. The maximum atomic E-state index is 13.4. The van der Waals surface area contributed by atoms with E-state index in [0.717, 1.165) is 18.2 Å². The van der Waals surface area contributed by atoms with Crippen LogP contribution in [0.25, 0.3) is 0 Å². The molecule has 0 saturated carbocycles. The molecule has 0 saturated heterocycles. The first-order valence-electron chi connectivity index (χ1n) is 5.83. The monoisotopic (exact) mass is 259 g/mol. The van der Waals surface area contributed by atoms with Crippen LogP contribution in [0.2, 0.25) is 0 Å². The fraction of sp³-hybridized carbons (Fsp3) is 0.538. The number of halogens is 2. The molecule has 1 nitrogen and oxygen atoms in total. The highest BCUT2D eigenvalue weighted by Gasteiger charge is 2.15. The summed E-state index contributed by atoms with van der Waals surface area (Å²) in [6.45, 7) is 4.31. The molecule has 17 heavy (non-hydrogen) atoms. The van der Waals surface area contributed by atoms with Crippen LogP contribution in [0.5, 0.6) is 0 Å². The zero-order valence-corrected chi connectivity index (χ0v) is 11.3. The first kappa shape index (κ1) is 14.5. The van der Waals surface area contributed by atoms with Crippen LogP contribution in [-0.2, 0) is 0 Å². The van der Waals surface area contributed by atoms with E-state index in [-0.39, 0.29) is 0 Å². The molecular formula is C13H19F2NS. The third-order valence-corrected chi connectivity index (χ3v) is 4.18. The van der Waals surface area contributed by atoms with Crippen molar-refractivity contribution in [2.45, 2.75) is 31.2 Å². The van der Waals surface area contributed by atoms with E-state index < -0.39 is 11.6 Å². The molecule has 1 aromatic rings. The summed E-state index contributed by atoms with van der Waals surface area (Å²) in [5, 5.41) is 3.24. The van der Waals surface area contributed by atoms with E-state index in [2.05, 4.69) is 19.2 Å². The van der Waals surface area contributed by atoms with Gasteiger partial charge in [0.1, 0.15) is 11.6 Å². The molecule has 0 aliphatic heterocycles. The average Bonchev–Trinajstić information content (AvgIpc) is 2.31. The predicted molar refractivity (Wildman–Crippen MR) is 69.4 cm³/mol. The molecule has 0 bridgehead atoms. The van der Waals surface area contributed by atoms with Crippen molar-refractivity contribution < 1.29 is 8.78 Å². The highest BCUT2D eigenvalue weighted by Crippen LogP contribution is 2.24. The Morgan fingerprint density at radius 3 is 2.59 bits per heavy atom. The van der Waals surface area contributed by atoms with Crippen LogP contribution in [-0.4, -0.2) is 18.8 Å². The molecular weight excluding hydrogens is 240 g/mol. The van der Waals surface area contributed by atoms with Crippen LogP contribution in [0.3, 0.4) is 0 Å². The van der Waals surface area contributed by atoms with Crippen molar-refractivity contribution in [1.29, 1.82) is 0 Å². The average molecular weight is 259 g/mol. The summed E-state index contributed by atoms with van der Waals surface area (Å²) >= 11 is 1.43. The summed E-state index contributed by atoms with van der Waals surface area (Å²) in [5.41, 5.74) is 0. The minimum Gasteiger partial charge on any atom is -0.316 e. The number of hydrogen-bond acceptors (Lipinski definition) is 2. The van der Waals surface area contributed by atoms with Gasteiger partial charge < -0.3 is 5.32 Å². The van der Waals surface area contributed by atoms with Crippen molar-refractivity contribution in [1.82, 2.24) is 5.32 Å². The lowest BCUT2D eigenvalue weighted by molar-refractivity contribution is 0.420. The van der Waals surface area contributed by atoms with Crippen molar-refractivity contribution in [3.63, 3.8) is 0 Å². The van der Waals surface area contributed by atoms with E-state index in [1.54, 1.807) is 0 Å². The van der Waals surface area contributed by atoms with Crippen molar-refractivity contribution in [2.24, 2.45) is 5.92 Å². The standard InChI is InChI=1S/C13H19F2NS/c1-4-9(2)12(16-3)8-17-13-6-5-10(14)7-11(13)15/h5-7,9,12,16H,4,8H2,1-3H3.